The number of hydrogen-bond acceptors (Lipinski definition) is 2. The molecular formula is C13H11ClFN2O2+. The average Bonchev–Trinajstić information content (AvgIpc) is 2.33. The van der Waals surface area contributed by atoms with Gasteiger partial charge in [0, 0.05) is 11.1 Å². The summed E-state index contributed by atoms with van der Waals surface area (Å²) in [5.74, 6) is -0.952. The molecule has 0 aliphatic heterocycles. The first kappa shape index (κ1) is 13.3. The molecule has 0 fully saturated rings. The van der Waals surface area contributed by atoms with Crippen molar-refractivity contribution >= 4 is 23.2 Å². The van der Waals surface area contributed by atoms with E-state index in [0.717, 1.165) is 6.07 Å². The van der Waals surface area contributed by atoms with E-state index >= 15 is 0 Å². The molecule has 1 amide bonds. The summed E-state index contributed by atoms with van der Waals surface area (Å²) in [5.41, 5.74) is 0.0650. The van der Waals surface area contributed by atoms with E-state index in [-0.39, 0.29) is 23.0 Å². The highest BCUT2D eigenvalue weighted by atomic mass is 35.5. The summed E-state index contributed by atoms with van der Waals surface area (Å²) in [6, 6.07) is 7.10. The van der Waals surface area contributed by atoms with Crippen LogP contribution in [0.25, 0.3) is 0 Å². The number of benzene rings is 1. The lowest BCUT2D eigenvalue weighted by Crippen LogP contribution is -2.39. The molecule has 2 aromatic rings. The second kappa shape index (κ2) is 5.67. The number of pyridine rings is 1. The maximum atomic E-state index is 13.5. The minimum atomic E-state index is -0.596. The van der Waals surface area contributed by atoms with E-state index in [0.29, 0.717) is 0 Å². The number of nitrogens with one attached hydrogen (secondary N) is 1. The molecule has 4 nitrogen and oxygen atoms in total. The summed E-state index contributed by atoms with van der Waals surface area (Å²) in [7, 11) is 0. The highest BCUT2D eigenvalue weighted by Gasteiger charge is 2.12. The van der Waals surface area contributed by atoms with Crippen LogP contribution in [0.3, 0.4) is 0 Å². The first-order valence-electron chi connectivity index (χ1n) is 5.47. The summed E-state index contributed by atoms with van der Waals surface area (Å²) < 4.78 is 15.0. The van der Waals surface area contributed by atoms with Crippen molar-refractivity contribution < 1.29 is 18.9 Å². The van der Waals surface area contributed by atoms with Gasteiger partial charge in [-0.15, -0.1) is 0 Å². The smallest absolute Gasteiger partial charge is 0.290 e. The number of nitrogens with zero attached hydrogens (tertiary/aromatic N) is 1. The molecule has 0 aliphatic rings. The molecule has 0 bridgehead atoms. The van der Waals surface area contributed by atoms with Gasteiger partial charge in [0.05, 0.1) is 5.69 Å². The first-order valence-corrected chi connectivity index (χ1v) is 5.85. The van der Waals surface area contributed by atoms with Crippen molar-refractivity contribution in [3.63, 3.8) is 0 Å². The molecule has 0 saturated carbocycles. The topological polar surface area (TPSA) is 53.2 Å². The third kappa shape index (κ3) is 3.66. The highest BCUT2D eigenvalue weighted by Crippen LogP contribution is 2.18. The Labute approximate surface area is 114 Å². The van der Waals surface area contributed by atoms with E-state index < -0.39 is 11.7 Å². The molecule has 1 aromatic heterocycles. The lowest BCUT2D eigenvalue weighted by Gasteiger charge is -2.04. The number of aromatic nitrogens is 1. The van der Waals surface area contributed by atoms with Crippen LogP contribution < -0.4 is 9.88 Å². The minimum Gasteiger partial charge on any atom is -0.503 e. The fraction of sp³-hybridized carbons (Fsp3) is 0.0769. The average molecular weight is 282 g/mol. The Morgan fingerprint density at radius 1 is 1.42 bits per heavy atom. The van der Waals surface area contributed by atoms with Crippen molar-refractivity contribution in [1.29, 1.82) is 0 Å². The van der Waals surface area contributed by atoms with Crippen LogP contribution in [0.2, 0.25) is 5.02 Å². The third-order valence-corrected chi connectivity index (χ3v) is 2.61. The van der Waals surface area contributed by atoms with E-state index in [9.17, 15) is 14.3 Å². The van der Waals surface area contributed by atoms with Gasteiger partial charge in [-0.25, -0.2) is 4.39 Å². The molecule has 2 N–H and O–H groups in total. The van der Waals surface area contributed by atoms with Crippen LogP contribution in [0.15, 0.2) is 42.7 Å². The third-order valence-electron chi connectivity index (χ3n) is 2.37. The van der Waals surface area contributed by atoms with Gasteiger partial charge in [0.25, 0.3) is 5.91 Å². The van der Waals surface area contributed by atoms with Gasteiger partial charge in [-0.05, 0) is 24.3 Å². The van der Waals surface area contributed by atoms with E-state index in [1.165, 1.54) is 29.0 Å². The van der Waals surface area contributed by atoms with Gasteiger partial charge in [0.15, 0.2) is 11.9 Å². The number of halogens is 2. The van der Waals surface area contributed by atoms with Crippen LogP contribution in [-0.2, 0) is 11.3 Å². The summed E-state index contributed by atoms with van der Waals surface area (Å²) in [4.78, 5) is 11.7. The van der Waals surface area contributed by atoms with Crippen LogP contribution in [0.1, 0.15) is 0 Å². The molecule has 0 aliphatic carbocycles. The van der Waals surface area contributed by atoms with Crippen molar-refractivity contribution in [2.75, 3.05) is 5.32 Å². The molecule has 1 heterocycles. The van der Waals surface area contributed by atoms with Gasteiger partial charge < -0.3 is 10.4 Å². The lowest BCUT2D eigenvalue weighted by atomic mass is 10.3. The Morgan fingerprint density at radius 2 is 2.21 bits per heavy atom. The number of aromatic hydroxyl groups is 1. The SMILES string of the molecule is O=C(C[n+]1cccc(O)c1)Nc1ccc(Cl)cc1F. The van der Waals surface area contributed by atoms with Crippen LogP contribution in [0, 0.1) is 5.82 Å². The summed E-state index contributed by atoms with van der Waals surface area (Å²) in [6.07, 6.45) is 3.02. The number of carbonyl (C=O) groups excluding carboxylic acids is 1. The molecule has 6 heteroatoms. The summed E-state index contributed by atoms with van der Waals surface area (Å²) in [5, 5.41) is 12.0. The Kier molecular flexibility index (Phi) is 3.97. The number of hydrogen-bond donors (Lipinski definition) is 2. The zero-order valence-electron chi connectivity index (χ0n) is 9.81. The van der Waals surface area contributed by atoms with Gasteiger partial charge in [0.2, 0.25) is 12.7 Å². The Hall–Kier alpha value is -2.14. The predicted molar refractivity (Wildman–Crippen MR) is 68.3 cm³/mol. The second-order valence-electron chi connectivity index (χ2n) is 3.91. The molecule has 0 saturated heterocycles. The minimum absolute atomic E-state index is 0.0313. The molecule has 98 valence electrons. The van der Waals surface area contributed by atoms with Gasteiger partial charge in [0.1, 0.15) is 5.82 Å². The fourth-order valence-electron chi connectivity index (χ4n) is 1.55. The van der Waals surface area contributed by atoms with Crippen molar-refractivity contribution in [3.05, 3.63) is 53.6 Å². The van der Waals surface area contributed by atoms with E-state index in [4.69, 9.17) is 11.6 Å². The maximum Gasteiger partial charge on any atom is 0.290 e. The summed E-state index contributed by atoms with van der Waals surface area (Å²) in [6.45, 7) is -0.0313. The fourth-order valence-corrected chi connectivity index (χ4v) is 1.71. The highest BCUT2D eigenvalue weighted by molar-refractivity contribution is 6.30. The maximum absolute atomic E-state index is 13.5. The lowest BCUT2D eigenvalue weighted by molar-refractivity contribution is -0.684. The van der Waals surface area contributed by atoms with Crippen molar-refractivity contribution in [2.24, 2.45) is 0 Å². The monoisotopic (exact) mass is 281 g/mol. The summed E-state index contributed by atoms with van der Waals surface area (Å²) >= 11 is 5.62. The van der Waals surface area contributed by atoms with Crippen LogP contribution in [-0.4, -0.2) is 11.0 Å². The number of carbonyl (C=O) groups is 1. The van der Waals surface area contributed by atoms with Crippen LogP contribution >= 0.6 is 11.6 Å². The van der Waals surface area contributed by atoms with Crippen molar-refractivity contribution in [2.45, 2.75) is 6.54 Å². The zero-order chi connectivity index (χ0) is 13.8. The number of amides is 1. The van der Waals surface area contributed by atoms with Gasteiger partial charge >= 0.3 is 0 Å². The molecule has 0 spiro atoms. The largest absolute Gasteiger partial charge is 0.503 e. The van der Waals surface area contributed by atoms with E-state index in [1.54, 1.807) is 12.3 Å². The number of anilines is 1. The second-order valence-corrected chi connectivity index (χ2v) is 4.34. The Balaban J connectivity index is 2.05. The van der Waals surface area contributed by atoms with Crippen molar-refractivity contribution in [1.82, 2.24) is 0 Å². The Morgan fingerprint density at radius 3 is 2.89 bits per heavy atom. The predicted octanol–water partition coefficient (Wildman–Crippen LogP) is 2.11. The zero-order valence-corrected chi connectivity index (χ0v) is 10.6. The standard InChI is InChI=1S/C13H10ClFN2O2/c14-9-3-4-12(11(15)6-9)16-13(19)8-17-5-1-2-10(18)7-17/h1-7H,8H2,(H-,16,18,19)/p+1. The van der Waals surface area contributed by atoms with Crippen LogP contribution in [0.5, 0.6) is 5.75 Å². The van der Waals surface area contributed by atoms with E-state index in [1.807, 2.05) is 0 Å². The molecule has 0 unspecified atom stereocenters. The van der Waals surface area contributed by atoms with Gasteiger partial charge in [-0.2, -0.15) is 4.57 Å². The molecule has 0 atom stereocenters. The molecule has 0 radical (unpaired) electrons. The molecule has 1 aromatic carbocycles. The van der Waals surface area contributed by atoms with Crippen LogP contribution in [0.4, 0.5) is 10.1 Å². The van der Waals surface area contributed by atoms with E-state index in [2.05, 4.69) is 5.32 Å². The Bertz CT molecular complexity index is 619. The van der Waals surface area contributed by atoms with Gasteiger partial charge in [-0.1, -0.05) is 11.6 Å². The quantitative estimate of drug-likeness (QED) is 0.847. The molecule has 2 rings (SSSR count). The van der Waals surface area contributed by atoms with Gasteiger partial charge in [-0.3, -0.25) is 4.79 Å². The molecular weight excluding hydrogens is 271 g/mol. The molecule has 19 heavy (non-hydrogen) atoms. The normalized spacial score (nSPS) is 10.2. The first-order chi connectivity index (χ1) is 9.04. The van der Waals surface area contributed by atoms with Crippen molar-refractivity contribution in [3.8, 4) is 5.75 Å². The number of rotatable bonds is 3.